The maximum Gasteiger partial charge on any atom is 0.165 e. The van der Waals surface area contributed by atoms with Gasteiger partial charge in [0.05, 0.1) is 6.61 Å². The van der Waals surface area contributed by atoms with Crippen molar-refractivity contribution in [3.63, 3.8) is 0 Å². The second-order valence-corrected chi connectivity index (χ2v) is 5.06. The van der Waals surface area contributed by atoms with Crippen molar-refractivity contribution in [2.45, 2.75) is 31.2 Å². The summed E-state index contributed by atoms with van der Waals surface area (Å²) in [4.78, 5) is 0. The lowest BCUT2D eigenvalue weighted by molar-refractivity contribution is 0.285. The minimum absolute atomic E-state index is 0.268. The Balaban J connectivity index is 1.73. The smallest absolute Gasteiger partial charge is 0.165 e. The molecule has 0 aliphatic heterocycles. The van der Waals surface area contributed by atoms with Crippen LogP contribution in [-0.2, 0) is 5.54 Å². The molecule has 16 heavy (non-hydrogen) atoms. The Kier molecular flexibility index (Phi) is 2.18. The molecule has 2 fully saturated rings. The first-order valence-corrected chi connectivity index (χ1v) is 5.89. The molecule has 0 saturated heterocycles. The first-order chi connectivity index (χ1) is 7.67. The molecule has 2 nitrogen and oxygen atoms in total. The van der Waals surface area contributed by atoms with Crippen molar-refractivity contribution in [2.75, 3.05) is 6.61 Å². The summed E-state index contributed by atoms with van der Waals surface area (Å²) >= 11 is 0. The summed E-state index contributed by atoms with van der Waals surface area (Å²) < 4.78 is 19.1. The van der Waals surface area contributed by atoms with Gasteiger partial charge in [0.15, 0.2) is 11.6 Å². The molecule has 0 aromatic heterocycles. The Labute approximate surface area is 94.6 Å². The van der Waals surface area contributed by atoms with Gasteiger partial charge in [0.2, 0.25) is 0 Å². The lowest BCUT2D eigenvalue weighted by Crippen LogP contribution is -2.18. The van der Waals surface area contributed by atoms with Crippen molar-refractivity contribution >= 4 is 0 Å². The summed E-state index contributed by atoms with van der Waals surface area (Å²) in [6.45, 7) is 0.643. The Morgan fingerprint density at radius 1 is 1.38 bits per heavy atom. The third-order valence-corrected chi connectivity index (χ3v) is 3.47. The first kappa shape index (κ1) is 10.1. The number of ether oxygens (including phenoxy) is 1. The van der Waals surface area contributed by atoms with E-state index in [1.165, 1.54) is 18.9 Å². The van der Waals surface area contributed by atoms with Crippen LogP contribution in [0, 0.1) is 11.7 Å². The molecule has 86 valence electrons. The molecule has 2 aliphatic rings. The first-order valence-electron chi connectivity index (χ1n) is 5.89. The molecule has 0 amide bonds. The number of rotatable bonds is 4. The predicted molar refractivity (Wildman–Crippen MR) is 59.7 cm³/mol. The maximum atomic E-state index is 13.7. The Hall–Kier alpha value is -1.09. The van der Waals surface area contributed by atoms with E-state index in [2.05, 4.69) is 0 Å². The molecule has 3 rings (SSSR count). The van der Waals surface area contributed by atoms with Crippen molar-refractivity contribution in [3.8, 4) is 5.75 Å². The summed E-state index contributed by atoms with van der Waals surface area (Å²) in [5, 5.41) is 0. The van der Waals surface area contributed by atoms with Gasteiger partial charge in [-0.3, -0.25) is 0 Å². The van der Waals surface area contributed by atoms with Gasteiger partial charge >= 0.3 is 0 Å². The van der Waals surface area contributed by atoms with Crippen molar-refractivity contribution in [1.82, 2.24) is 0 Å². The number of halogens is 1. The van der Waals surface area contributed by atoms with E-state index in [0.29, 0.717) is 18.3 Å². The van der Waals surface area contributed by atoms with Gasteiger partial charge in [-0.15, -0.1) is 0 Å². The largest absolute Gasteiger partial charge is 0.490 e. The minimum Gasteiger partial charge on any atom is -0.490 e. The van der Waals surface area contributed by atoms with Gasteiger partial charge in [0, 0.05) is 5.54 Å². The highest BCUT2D eigenvalue weighted by atomic mass is 19.1. The summed E-state index contributed by atoms with van der Waals surface area (Å²) in [6.07, 6.45) is 4.33. The SMILES string of the molecule is NC1(c2ccc(OCC3CC3)c(F)c2)CC1. The highest BCUT2D eigenvalue weighted by Gasteiger charge is 2.40. The van der Waals surface area contributed by atoms with Crippen LogP contribution in [0.3, 0.4) is 0 Å². The van der Waals surface area contributed by atoms with E-state index in [0.717, 1.165) is 18.4 Å². The van der Waals surface area contributed by atoms with Gasteiger partial charge in [-0.05, 0) is 49.3 Å². The summed E-state index contributed by atoms with van der Waals surface area (Å²) in [7, 11) is 0. The van der Waals surface area contributed by atoms with Gasteiger partial charge in [-0.25, -0.2) is 4.39 Å². The number of hydrogen-bond donors (Lipinski definition) is 1. The zero-order valence-electron chi connectivity index (χ0n) is 9.21. The second kappa shape index (κ2) is 3.45. The Bertz CT molecular complexity index is 410. The maximum absolute atomic E-state index is 13.7. The van der Waals surface area contributed by atoms with Crippen LogP contribution >= 0.6 is 0 Å². The molecule has 0 bridgehead atoms. The number of benzene rings is 1. The normalized spacial score (nSPS) is 21.9. The highest BCUT2D eigenvalue weighted by Crippen LogP contribution is 2.43. The van der Waals surface area contributed by atoms with Crippen LogP contribution in [0.2, 0.25) is 0 Å². The molecular formula is C13H16FNO. The van der Waals surface area contributed by atoms with Crippen LogP contribution in [0.15, 0.2) is 18.2 Å². The zero-order valence-corrected chi connectivity index (χ0v) is 9.21. The molecule has 0 heterocycles. The Morgan fingerprint density at radius 2 is 2.12 bits per heavy atom. The van der Waals surface area contributed by atoms with Gasteiger partial charge in [0.25, 0.3) is 0 Å². The third-order valence-electron chi connectivity index (χ3n) is 3.47. The van der Waals surface area contributed by atoms with Crippen LogP contribution < -0.4 is 10.5 Å². The minimum atomic E-state index is -0.283. The molecule has 0 atom stereocenters. The standard InChI is InChI=1S/C13H16FNO/c14-11-7-10(13(15)5-6-13)3-4-12(11)16-8-9-1-2-9/h3-4,7,9H,1-2,5-6,8,15H2. The summed E-state index contributed by atoms with van der Waals surface area (Å²) in [5.74, 6) is 0.720. The topological polar surface area (TPSA) is 35.2 Å². The van der Waals surface area contributed by atoms with E-state index in [9.17, 15) is 4.39 Å². The van der Waals surface area contributed by atoms with Crippen LogP contribution in [0.4, 0.5) is 4.39 Å². The van der Waals surface area contributed by atoms with Crippen molar-refractivity contribution in [2.24, 2.45) is 11.7 Å². The van der Waals surface area contributed by atoms with E-state index < -0.39 is 0 Å². The predicted octanol–water partition coefficient (Wildman–Crippen LogP) is 2.56. The third kappa shape index (κ3) is 1.92. The van der Waals surface area contributed by atoms with Crippen LogP contribution in [0.25, 0.3) is 0 Å². The Morgan fingerprint density at radius 3 is 2.69 bits per heavy atom. The second-order valence-electron chi connectivity index (χ2n) is 5.06. The van der Waals surface area contributed by atoms with Crippen LogP contribution in [0.5, 0.6) is 5.75 Å². The van der Waals surface area contributed by atoms with Gasteiger partial charge < -0.3 is 10.5 Å². The number of hydrogen-bond acceptors (Lipinski definition) is 2. The highest BCUT2D eigenvalue weighted by molar-refractivity contribution is 5.36. The molecular weight excluding hydrogens is 205 g/mol. The van der Waals surface area contributed by atoms with Crippen molar-refractivity contribution in [1.29, 1.82) is 0 Å². The number of nitrogens with two attached hydrogens (primary N) is 1. The molecule has 2 saturated carbocycles. The fraction of sp³-hybridized carbons (Fsp3) is 0.538. The van der Waals surface area contributed by atoms with Gasteiger partial charge in [-0.1, -0.05) is 6.07 Å². The summed E-state index contributed by atoms with van der Waals surface area (Å²) in [6, 6.07) is 5.12. The monoisotopic (exact) mass is 221 g/mol. The van der Waals surface area contributed by atoms with Crippen molar-refractivity contribution < 1.29 is 9.13 Å². The lowest BCUT2D eigenvalue weighted by Gasteiger charge is -2.11. The fourth-order valence-corrected chi connectivity index (χ4v) is 1.84. The molecule has 1 aromatic carbocycles. The van der Waals surface area contributed by atoms with E-state index in [4.69, 9.17) is 10.5 Å². The zero-order chi connectivity index (χ0) is 11.2. The molecule has 1 aromatic rings. The average molecular weight is 221 g/mol. The van der Waals surface area contributed by atoms with Gasteiger partial charge in [0.1, 0.15) is 0 Å². The van der Waals surface area contributed by atoms with Crippen molar-refractivity contribution in [3.05, 3.63) is 29.6 Å². The van der Waals surface area contributed by atoms with E-state index in [1.807, 2.05) is 6.07 Å². The molecule has 3 heteroatoms. The molecule has 2 N–H and O–H groups in total. The molecule has 2 aliphatic carbocycles. The summed E-state index contributed by atoms with van der Waals surface area (Å²) in [5.41, 5.74) is 6.64. The van der Waals surface area contributed by atoms with Gasteiger partial charge in [-0.2, -0.15) is 0 Å². The van der Waals surface area contributed by atoms with E-state index in [-0.39, 0.29) is 11.4 Å². The quantitative estimate of drug-likeness (QED) is 0.848. The molecule has 0 spiro atoms. The molecule has 0 unspecified atom stereocenters. The average Bonchev–Trinajstić information content (AvgIpc) is 3.13. The van der Waals surface area contributed by atoms with Crippen LogP contribution in [-0.4, -0.2) is 6.61 Å². The van der Waals surface area contributed by atoms with E-state index >= 15 is 0 Å². The van der Waals surface area contributed by atoms with Crippen LogP contribution in [0.1, 0.15) is 31.2 Å². The molecule has 0 radical (unpaired) electrons. The fourth-order valence-electron chi connectivity index (χ4n) is 1.84. The van der Waals surface area contributed by atoms with E-state index in [1.54, 1.807) is 6.07 Å². The lowest BCUT2D eigenvalue weighted by atomic mass is 10.1.